The molecular formula is C13H20F3N3O2. The number of hydrogen-bond donors (Lipinski definition) is 1. The number of alkyl halides is 3. The number of nitrogens with zero attached hydrogens (tertiary/aromatic N) is 2. The van der Waals surface area contributed by atoms with E-state index >= 15 is 0 Å². The Balaban J connectivity index is 2.38. The predicted octanol–water partition coefficient (Wildman–Crippen LogP) is 2.42. The van der Waals surface area contributed by atoms with Crippen LogP contribution in [0.2, 0.25) is 0 Å². The summed E-state index contributed by atoms with van der Waals surface area (Å²) in [6.07, 6.45) is -2.93. The van der Waals surface area contributed by atoms with E-state index in [9.17, 15) is 18.0 Å². The Bertz CT molecular complexity index is 458. The molecule has 0 amide bonds. The van der Waals surface area contributed by atoms with Crippen molar-refractivity contribution in [3.05, 3.63) is 17.5 Å². The topological polar surface area (TPSA) is 56.1 Å². The van der Waals surface area contributed by atoms with Gasteiger partial charge in [-0.1, -0.05) is 0 Å². The molecule has 1 aromatic heterocycles. The lowest BCUT2D eigenvalue weighted by molar-refractivity contribution is -0.135. The lowest BCUT2D eigenvalue weighted by Gasteiger charge is -2.09. The number of ether oxygens (including phenoxy) is 1. The molecule has 0 unspecified atom stereocenters. The van der Waals surface area contributed by atoms with E-state index in [0.29, 0.717) is 30.8 Å². The molecule has 1 aromatic rings. The van der Waals surface area contributed by atoms with Gasteiger partial charge in [0.05, 0.1) is 18.5 Å². The van der Waals surface area contributed by atoms with E-state index in [1.165, 1.54) is 6.20 Å². The zero-order valence-corrected chi connectivity index (χ0v) is 12.2. The average molecular weight is 307 g/mol. The van der Waals surface area contributed by atoms with Crippen LogP contribution in [0.1, 0.15) is 42.2 Å². The van der Waals surface area contributed by atoms with Crippen LogP contribution in [0.3, 0.4) is 0 Å². The molecule has 0 saturated heterocycles. The lowest BCUT2D eigenvalue weighted by atomic mass is 10.2. The van der Waals surface area contributed by atoms with E-state index in [1.807, 2.05) is 0 Å². The number of carbonyl (C=O) groups excluding carboxylic acids is 1. The molecule has 0 aliphatic heterocycles. The fourth-order valence-corrected chi connectivity index (χ4v) is 1.83. The van der Waals surface area contributed by atoms with Crippen LogP contribution in [0.15, 0.2) is 6.20 Å². The molecule has 0 aliphatic carbocycles. The van der Waals surface area contributed by atoms with Crippen LogP contribution in [0.4, 0.5) is 13.2 Å². The summed E-state index contributed by atoms with van der Waals surface area (Å²) in [6.45, 7) is 2.80. The number of esters is 1. The van der Waals surface area contributed by atoms with E-state index in [-0.39, 0.29) is 13.0 Å². The largest absolute Gasteiger partial charge is 0.462 e. The molecule has 8 heteroatoms. The summed E-state index contributed by atoms with van der Waals surface area (Å²) in [7, 11) is 1.70. The average Bonchev–Trinajstić information content (AvgIpc) is 2.74. The summed E-state index contributed by atoms with van der Waals surface area (Å²) in [5.41, 5.74) is 1.03. The van der Waals surface area contributed by atoms with E-state index < -0.39 is 18.6 Å². The Morgan fingerprint density at radius 3 is 2.76 bits per heavy atom. The molecular weight excluding hydrogens is 287 g/mol. The van der Waals surface area contributed by atoms with Gasteiger partial charge in [-0.05, 0) is 26.3 Å². The molecule has 0 aliphatic rings. The highest BCUT2D eigenvalue weighted by Gasteiger charge is 2.25. The zero-order chi connectivity index (χ0) is 15.9. The summed E-state index contributed by atoms with van der Waals surface area (Å²) in [5, 5.41) is 7.01. The summed E-state index contributed by atoms with van der Waals surface area (Å²) in [5.74, 6) is -0.445. The molecule has 0 radical (unpaired) electrons. The fourth-order valence-electron chi connectivity index (χ4n) is 1.83. The van der Waals surface area contributed by atoms with Crippen LogP contribution in [-0.2, 0) is 18.3 Å². The van der Waals surface area contributed by atoms with Crippen LogP contribution >= 0.6 is 0 Å². The highest BCUT2D eigenvalue weighted by Crippen LogP contribution is 2.21. The van der Waals surface area contributed by atoms with Crippen LogP contribution in [-0.4, -0.2) is 35.1 Å². The molecule has 0 atom stereocenters. The maximum Gasteiger partial charge on any atom is 0.389 e. The highest BCUT2D eigenvalue weighted by molar-refractivity contribution is 5.90. The minimum atomic E-state index is -4.10. The number of halogens is 3. The van der Waals surface area contributed by atoms with E-state index in [2.05, 4.69) is 10.4 Å². The Kier molecular flexibility index (Phi) is 6.67. The second-order valence-corrected chi connectivity index (χ2v) is 4.60. The second-order valence-electron chi connectivity index (χ2n) is 4.60. The monoisotopic (exact) mass is 307 g/mol. The quantitative estimate of drug-likeness (QED) is 0.592. The lowest BCUT2D eigenvalue weighted by Crippen LogP contribution is -2.20. The van der Waals surface area contributed by atoms with E-state index in [4.69, 9.17) is 4.74 Å². The van der Waals surface area contributed by atoms with Crippen LogP contribution in [0.25, 0.3) is 0 Å². The molecule has 0 spiro atoms. The fraction of sp³-hybridized carbons (Fsp3) is 0.692. The molecule has 120 valence electrons. The Hall–Kier alpha value is -1.57. The maximum absolute atomic E-state index is 12.0. The van der Waals surface area contributed by atoms with Gasteiger partial charge in [-0.25, -0.2) is 4.79 Å². The number of unbranched alkanes of at least 4 members (excludes halogenated alkanes) is 1. The summed E-state index contributed by atoms with van der Waals surface area (Å²) in [4.78, 5) is 11.7. The number of nitrogens with one attached hydrogen (secondary N) is 1. The third kappa shape index (κ3) is 6.16. The van der Waals surface area contributed by atoms with Crippen molar-refractivity contribution in [3.63, 3.8) is 0 Å². The molecule has 1 N–H and O–H groups in total. The number of carbonyl (C=O) groups is 1. The van der Waals surface area contributed by atoms with Crippen molar-refractivity contribution in [2.45, 2.75) is 38.9 Å². The molecule has 1 rings (SSSR count). The van der Waals surface area contributed by atoms with Crippen molar-refractivity contribution in [1.29, 1.82) is 0 Å². The van der Waals surface area contributed by atoms with Gasteiger partial charge < -0.3 is 10.1 Å². The van der Waals surface area contributed by atoms with Crippen molar-refractivity contribution in [3.8, 4) is 0 Å². The van der Waals surface area contributed by atoms with Gasteiger partial charge in [0.2, 0.25) is 0 Å². The summed E-state index contributed by atoms with van der Waals surface area (Å²) >= 11 is 0. The summed E-state index contributed by atoms with van der Waals surface area (Å²) < 4.78 is 42.4. The SMILES string of the molecule is CCOC(=O)c1cnn(C)c1CNCCCCC(F)(F)F. The maximum atomic E-state index is 12.0. The molecule has 5 nitrogen and oxygen atoms in total. The van der Waals surface area contributed by atoms with Gasteiger partial charge in [-0.3, -0.25) is 4.68 Å². The van der Waals surface area contributed by atoms with Gasteiger partial charge in [0, 0.05) is 20.0 Å². The molecule has 0 bridgehead atoms. The van der Waals surface area contributed by atoms with E-state index in [1.54, 1.807) is 18.7 Å². The number of rotatable bonds is 8. The number of aryl methyl sites for hydroxylation is 1. The van der Waals surface area contributed by atoms with Gasteiger partial charge >= 0.3 is 12.1 Å². The Labute approximate surface area is 121 Å². The first-order valence-electron chi connectivity index (χ1n) is 6.80. The Morgan fingerprint density at radius 1 is 1.43 bits per heavy atom. The third-order valence-electron chi connectivity index (χ3n) is 2.91. The standard InChI is InChI=1S/C13H20F3N3O2/c1-3-21-12(20)10-8-18-19(2)11(10)9-17-7-5-4-6-13(14,15)16/h8,17H,3-7,9H2,1-2H3. The molecule has 21 heavy (non-hydrogen) atoms. The predicted molar refractivity (Wildman–Crippen MR) is 70.8 cm³/mol. The first kappa shape index (κ1) is 17.5. The molecule has 1 heterocycles. The third-order valence-corrected chi connectivity index (χ3v) is 2.91. The van der Waals surface area contributed by atoms with Crippen molar-refractivity contribution in [2.24, 2.45) is 7.05 Å². The minimum Gasteiger partial charge on any atom is -0.462 e. The van der Waals surface area contributed by atoms with Gasteiger partial charge in [0.25, 0.3) is 0 Å². The second kappa shape index (κ2) is 8.02. The van der Waals surface area contributed by atoms with Gasteiger partial charge in [0.15, 0.2) is 0 Å². The van der Waals surface area contributed by atoms with Gasteiger partial charge in [0.1, 0.15) is 5.56 Å². The minimum absolute atomic E-state index is 0.0899. The molecule has 0 aromatic carbocycles. The smallest absolute Gasteiger partial charge is 0.389 e. The number of aromatic nitrogens is 2. The molecule has 0 fully saturated rings. The zero-order valence-electron chi connectivity index (χ0n) is 12.2. The first-order chi connectivity index (χ1) is 9.85. The number of hydrogen-bond acceptors (Lipinski definition) is 4. The van der Waals surface area contributed by atoms with Crippen molar-refractivity contribution >= 4 is 5.97 Å². The first-order valence-corrected chi connectivity index (χ1v) is 6.80. The normalized spacial score (nSPS) is 11.7. The summed E-state index contributed by atoms with van der Waals surface area (Å²) in [6, 6.07) is 0. The van der Waals surface area contributed by atoms with Gasteiger partial charge in [-0.2, -0.15) is 18.3 Å². The van der Waals surface area contributed by atoms with Crippen LogP contribution < -0.4 is 5.32 Å². The van der Waals surface area contributed by atoms with Crippen molar-refractivity contribution < 1.29 is 22.7 Å². The van der Waals surface area contributed by atoms with Gasteiger partial charge in [-0.15, -0.1) is 0 Å². The Morgan fingerprint density at radius 2 is 2.14 bits per heavy atom. The van der Waals surface area contributed by atoms with Crippen LogP contribution in [0, 0.1) is 0 Å². The van der Waals surface area contributed by atoms with Crippen LogP contribution in [0.5, 0.6) is 0 Å². The highest BCUT2D eigenvalue weighted by atomic mass is 19.4. The van der Waals surface area contributed by atoms with Crippen molar-refractivity contribution in [2.75, 3.05) is 13.2 Å². The van der Waals surface area contributed by atoms with Crippen molar-refractivity contribution in [1.82, 2.24) is 15.1 Å². The molecule has 0 saturated carbocycles. The van der Waals surface area contributed by atoms with E-state index in [0.717, 1.165) is 0 Å².